The number of carbonyl (C=O) groups excluding carboxylic acids is 2. The number of carbonyl (C=O) groups is 4. The van der Waals surface area contributed by atoms with Gasteiger partial charge in [0.25, 0.3) is 5.91 Å². The number of amides is 2. The molecule has 3 unspecified atom stereocenters. The van der Waals surface area contributed by atoms with Crippen LogP contribution in [0, 0.1) is 5.41 Å². The summed E-state index contributed by atoms with van der Waals surface area (Å²) in [7, 11) is 0. The van der Waals surface area contributed by atoms with Crippen LogP contribution in [0.3, 0.4) is 0 Å². The number of nitrogen functional groups attached to an aromatic ring is 1. The molecular formula is C25H28N10O8S3. The van der Waals surface area contributed by atoms with E-state index in [1.54, 1.807) is 5.38 Å². The van der Waals surface area contributed by atoms with E-state index < -0.39 is 40.6 Å². The molecule has 2 fully saturated rings. The molecule has 2 aromatic heterocycles. The van der Waals surface area contributed by atoms with E-state index in [0.717, 1.165) is 34.2 Å². The monoisotopic (exact) mass is 692 g/mol. The third kappa shape index (κ3) is 7.15. The number of aromatic nitrogens is 5. The van der Waals surface area contributed by atoms with Gasteiger partial charge in [-0.3, -0.25) is 14.4 Å². The number of carboxylic acid groups (broad SMARTS) is 2. The van der Waals surface area contributed by atoms with Crippen LogP contribution in [0.5, 0.6) is 0 Å². The molecule has 5 rings (SSSR count). The summed E-state index contributed by atoms with van der Waals surface area (Å²) in [6.07, 6.45) is 6.45. The van der Waals surface area contributed by atoms with Crippen molar-refractivity contribution in [3.63, 3.8) is 0 Å². The van der Waals surface area contributed by atoms with Crippen LogP contribution in [0.1, 0.15) is 18.5 Å². The molecule has 2 amide bonds. The number of carboxylic acids is 2. The van der Waals surface area contributed by atoms with Gasteiger partial charge in [-0.25, -0.2) is 14.5 Å². The molecule has 2 saturated heterocycles. The summed E-state index contributed by atoms with van der Waals surface area (Å²) in [6.45, 7) is 2.99. The number of nitrogens with one attached hydrogen (secondary N) is 1. The molecular weight excluding hydrogens is 665 g/mol. The van der Waals surface area contributed by atoms with Crippen LogP contribution in [0.2, 0.25) is 0 Å². The van der Waals surface area contributed by atoms with Crippen LogP contribution in [-0.4, -0.2) is 118 Å². The first kappa shape index (κ1) is 32.9. The second-order valence-corrected chi connectivity index (χ2v) is 13.1. The molecule has 4 atom stereocenters. The minimum Gasteiger partial charge on any atom is -0.481 e. The van der Waals surface area contributed by atoms with Crippen molar-refractivity contribution < 1.29 is 39.1 Å². The number of oxime groups is 2. The Kier molecular flexibility index (Phi) is 10.2. The minimum atomic E-state index is -1.39. The van der Waals surface area contributed by atoms with E-state index in [1.807, 2.05) is 12.2 Å². The molecule has 244 valence electrons. The van der Waals surface area contributed by atoms with Gasteiger partial charge in [0, 0.05) is 23.4 Å². The summed E-state index contributed by atoms with van der Waals surface area (Å²) in [5, 5.41) is 42.6. The summed E-state index contributed by atoms with van der Waals surface area (Å²) in [6, 6.07) is -0.922. The maximum absolute atomic E-state index is 13.3. The van der Waals surface area contributed by atoms with E-state index in [-0.39, 0.29) is 64.7 Å². The molecule has 2 aliphatic heterocycles. The Morgan fingerprint density at radius 1 is 1.33 bits per heavy atom. The predicted octanol–water partition coefficient (Wildman–Crippen LogP) is 0.0575. The van der Waals surface area contributed by atoms with Crippen molar-refractivity contribution in [2.45, 2.75) is 42.1 Å². The number of hydrogen-bond acceptors (Lipinski definition) is 16. The Balaban J connectivity index is 1.23. The SMILES string of the molecule is C=CCON=C(Cn1nnnc1SCC1(C(=O)O)CS[C@@H]2C(NC(=O)C(=NOC3C=CCC3)c3csc(N)n3)C(=O)N2C1)C(=O)O. The van der Waals surface area contributed by atoms with Crippen LogP contribution < -0.4 is 11.1 Å². The lowest BCUT2D eigenvalue weighted by atomic mass is 9.89. The van der Waals surface area contributed by atoms with Crippen molar-refractivity contribution >= 4 is 75.2 Å². The van der Waals surface area contributed by atoms with Gasteiger partial charge in [-0.1, -0.05) is 40.8 Å². The van der Waals surface area contributed by atoms with Crippen molar-refractivity contribution in [1.29, 1.82) is 0 Å². The van der Waals surface area contributed by atoms with E-state index in [2.05, 4.69) is 42.7 Å². The second kappa shape index (κ2) is 14.3. The van der Waals surface area contributed by atoms with Crippen molar-refractivity contribution in [1.82, 2.24) is 35.4 Å². The van der Waals surface area contributed by atoms with Gasteiger partial charge in [-0.15, -0.1) is 28.2 Å². The number of allylic oxidation sites excluding steroid dienone is 1. The Bertz CT molecular complexity index is 1610. The topological polar surface area (TPSA) is 250 Å². The van der Waals surface area contributed by atoms with Gasteiger partial charge in [0.1, 0.15) is 35.2 Å². The number of nitrogens with zero attached hydrogens (tertiary/aromatic N) is 8. The van der Waals surface area contributed by atoms with Crippen LogP contribution in [0.4, 0.5) is 5.13 Å². The molecule has 2 aromatic rings. The van der Waals surface area contributed by atoms with Crippen molar-refractivity contribution in [3.05, 3.63) is 35.9 Å². The number of thioether (sulfide) groups is 2. The molecule has 0 radical (unpaired) electrons. The largest absolute Gasteiger partial charge is 0.481 e. The number of fused-ring (bicyclic) bond motifs is 1. The number of hydrogen-bond donors (Lipinski definition) is 4. The Labute approximate surface area is 273 Å². The average Bonchev–Trinajstić information content (AvgIpc) is 3.81. The second-order valence-electron chi connectivity index (χ2n) is 10.2. The normalized spacial score (nSPS) is 24.2. The quantitative estimate of drug-likeness (QED) is 0.0481. The predicted molar refractivity (Wildman–Crippen MR) is 166 cm³/mol. The lowest BCUT2D eigenvalue weighted by Gasteiger charge is -2.53. The van der Waals surface area contributed by atoms with Gasteiger partial charge < -0.3 is 35.8 Å². The van der Waals surface area contributed by atoms with Gasteiger partial charge in [0.05, 0.1) is 6.54 Å². The van der Waals surface area contributed by atoms with Gasteiger partial charge >= 0.3 is 11.9 Å². The average molecular weight is 693 g/mol. The summed E-state index contributed by atoms with van der Waals surface area (Å²) in [5.74, 6) is -3.55. The lowest BCUT2D eigenvalue weighted by molar-refractivity contribution is -0.157. The van der Waals surface area contributed by atoms with Gasteiger partial charge in [-0.05, 0) is 29.3 Å². The van der Waals surface area contributed by atoms with Crippen LogP contribution >= 0.6 is 34.9 Å². The first-order valence-electron chi connectivity index (χ1n) is 13.6. The zero-order valence-corrected chi connectivity index (χ0v) is 26.4. The summed E-state index contributed by atoms with van der Waals surface area (Å²) in [4.78, 5) is 66.6. The molecule has 21 heteroatoms. The highest BCUT2D eigenvalue weighted by Crippen LogP contribution is 2.44. The number of rotatable bonds is 15. The summed E-state index contributed by atoms with van der Waals surface area (Å²) >= 11 is 3.34. The van der Waals surface area contributed by atoms with E-state index in [4.69, 9.17) is 15.4 Å². The molecule has 0 spiro atoms. The summed E-state index contributed by atoms with van der Waals surface area (Å²) < 4.78 is 1.16. The summed E-state index contributed by atoms with van der Waals surface area (Å²) in [5.41, 5.74) is 4.06. The van der Waals surface area contributed by atoms with Gasteiger partial charge in [-0.2, -0.15) is 0 Å². The molecule has 46 heavy (non-hydrogen) atoms. The Hall–Kier alpha value is -4.50. The standard InChI is InChI=1S/C25H28N10O8S3/c1-2-7-42-30-14(21(38)39)8-35-24(29-32-33-35)46-12-25(22(40)41)10-34-19(37)17(20(34)45-11-25)28-18(36)16(15-9-44-23(26)27-15)31-43-13-5-3-4-6-13/h2-3,5,9,13,17,20H,1,4,6-8,10-12H2,(H2,26,27)(H,28,36)(H,38,39)(H,40,41)/t13?,17?,20-,25?/m1/s1. The molecule has 5 N–H and O–H groups in total. The smallest absolute Gasteiger partial charge is 0.355 e. The third-order valence-electron chi connectivity index (χ3n) is 7.00. The maximum atomic E-state index is 13.3. The highest BCUT2D eigenvalue weighted by atomic mass is 32.2. The molecule has 0 aromatic carbocycles. The van der Waals surface area contributed by atoms with Crippen LogP contribution in [0.25, 0.3) is 0 Å². The zero-order valence-electron chi connectivity index (χ0n) is 23.9. The molecule has 0 saturated carbocycles. The van der Waals surface area contributed by atoms with E-state index in [0.29, 0.717) is 6.42 Å². The van der Waals surface area contributed by atoms with Gasteiger partial charge in [0.2, 0.25) is 11.1 Å². The van der Waals surface area contributed by atoms with Crippen molar-refractivity contribution in [2.24, 2.45) is 15.7 Å². The zero-order chi connectivity index (χ0) is 32.8. The highest BCUT2D eigenvalue weighted by Gasteiger charge is 2.57. The first-order chi connectivity index (χ1) is 22.1. The van der Waals surface area contributed by atoms with Crippen molar-refractivity contribution in [3.8, 4) is 0 Å². The third-order valence-corrected chi connectivity index (χ3v) is 10.5. The number of thiazole rings is 1. The molecule has 1 aliphatic carbocycles. The number of anilines is 1. The maximum Gasteiger partial charge on any atom is 0.355 e. The lowest BCUT2D eigenvalue weighted by Crippen LogP contribution is -2.74. The number of β-lactam (4-membered cyclic amide) rings is 1. The van der Waals surface area contributed by atoms with Gasteiger partial charge in [0.15, 0.2) is 16.6 Å². The van der Waals surface area contributed by atoms with E-state index in [9.17, 15) is 29.4 Å². The molecule has 3 aliphatic rings. The fourth-order valence-corrected chi connectivity index (χ4v) is 7.86. The number of nitrogens with two attached hydrogens (primary N) is 1. The molecule has 4 heterocycles. The van der Waals surface area contributed by atoms with E-state index >= 15 is 0 Å². The number of aliphatic carboxylic acids is 2. The fourth-order valence-electron chi connectivity index (χ4n) is 4.58. The molecule has 18 nitrogen and oxygen atoms in total. The Morgan fingerprint density at radius 2 is 2.15 bits per heavy atom. The highest BCUT2D eigenvalue weighted by molar-refractivity contribution is 8.00. The number of tetrazole rings is 1. The van der Waals surface area contributed by atoms with Crippen LogP contribution in [-0.2, 0) is 35.4 Å². The van der Waals surface area contributed by atoms with Crippen molar-refractivity contribution in [2.75, 3.05) is 30.4 Å². The molecule has 0 bridgehead atoms. The minimum absolute atomic E-state index is 0.00410. The Morgan fingerprint density at radius 3 is 2.83 bits per heavy atom. The fraction of sp³-hybridized carbons (Fsp3) is 0.440. The first-order valence-corrected chi connectivity index (χ1v) is 16.5. The van der Waals surface area contributed by atoms with Crippen LogP contribution in [0.15, 0.2) is 45.7 Å². The van der Waals surface area contributed by atoms with E-state index in [1.165, 1.54) is 22.7 Å².